The topological polar surface area (TPSA) is 66.7 Å². The highest BCUT2D eigenvalue weighted by atomic mass is 35.5. The van der Waals surface area contributed by atoms with Crippen LogP contribution in [0.2, 0.25) is 5.02 Å². The van der Waals surface area contributed by atoms with Crippen LogP contribution in [0, 0.1) is 0 Å². The average molecular weight is 384 g/mol. The number of halogens is 1. The van der Waals surface area contributed by atoms with Gasteiger partial charge in [0.05, 0.1) is 6.20 Å². The van der Waals surface area contributed by atoms with Crippen molar-refractivity contribution >= 4 is 21.8 Å². The van der Waals surface area contributed by atoms with E-state index in [4.69, 9.17) is 16.0 Å². The summed E-state index contributed by atoms with van der Waals surface area (Å²) < 4.78 is 33.3. The Morgan fingerprint density at radius 2 is 2.20 bits per heavy atom. The van der Waals surface area contributed by atoms with Gasteiger partial charge in [0, 0.05) is 44.5 Å². The highest BCUT2D eigenvalue weighted by Crippen LogP contribution is 2.29. The minimum atomic E-state index is -3.40. The third-order valence-electron chi connectivity index (χ3n) is 4.36. The molecule has 1 saturated heterocycles. The van der Waals surface area contributed by atoms with E-state index in [1.54, 1.807) is 20.3 Å². The van der Waals surface area contributed by atoms with Gasteiger partial charge in [0.25, 0.3) is 10.2 Å². The summed E-state index contributed by atoms with van der Waals surface area (Å²) in [6, 6.07) is 7.62. The second-order valence-corrected chi connectivity index (χ2v) is 9.04. The van der Waals surface area contributed by atoms with E-state index in [2.05, 4.69) is 4.98 Å². The number of piperidine rings is 1. The number of rotatable bonds is 5. The van der Waals surface area contributed by atoms with Gasteiger partial charge in [0.2, 0.25) is 0 Å². The van der Waals surface area contributed by atoms with Gasteiger partial charge in [0.1, 0.15) is 5.76 Å². The number of oxazole rings is 1. The molecule has 0 saturated carbocycles. The Kier molecular flexibility index (Phi) is 5.48. The van der Waals surface area contributed by atoms with Crippen molar-refractivity contribution < 1.29 is 12.8 Å². The first kappa shape index (κ1) is 18.4. The van der Waals surface area contributed by atoms with E-state index in [0.29, 0.717) is 30.4 Å². The fourth-order valence-corrected chi connectivity index (χ4v) is 4.43. The van der Waals surface area contributed by atoms with Gasteiger partial charge in [0.15, 0.2) is 5.89 Å². The Bertz CT molecular complexity index is 835. The molecule has 0 spiro atoms. The van der Waals surface area contributed by atoms with Gasteiger partial charge in [-0.25, -0.2) is 4.98 Å². The normalized spacial score (nSPS) is 19.4. The van der Waals surface area contributed by atoms with E-state index in [1.165, 1.54) is 8.61 Å². The van der Waals surface area contributed by atoms with Crippen molar-refractivity contribution in [3.63, 3.8) is 0 Å². The number of hydrogen-bond donors (Lipinski definition) is 0. The molecule has 2 heterocycles. The van der Waals surface area contributed by atoms with Crippen LogP contribution in [-0.2, 0) is 16.6 Å². The molecule has 136 valence electrons. The summed E-state index contributed by atoms with van der Waals surface area (Å²) in [6.45, 7) is 0.935. The second kappa shape index (κ2) is 7.45. The predicted molar refractivity (Wildman–Crippen MR) is 96.9 cm³/mol. The molecule has 25 heavy (non-hydrogen) atoms. The smallest absolute Gasteiger partial charge is 0.281 e. The predicted octanol–water partition coefficient (Wildman–Crippen LogP) is 2.90. The number of hydrogen-bond acceptors (Lipinski definition) is 4. The molecule has 0 unspecified atom stereocenters. The molecule has 0 radical (unpaired) electrons. The molecule has 0 amide bonds. The van der Waals surface area contributed by atoms with Crippen LogP contribution in [0.4, 0.5) is 0 Å². The lowest BCUT2D eigenvalue weighted by molar-refractivity contribution is 0.270. The van der Waals surface area contributed by atoms with Gasteiger partial charge in [-0.3, -0.25) is 0 Å². The Labute approximate surface area is 153 Å². The summed E-state index contributed by atoms with van der Waals surface area (Å²) in [5, 5.41) is 0.689. The van der Waals surface area contributed by atoms with Crippen LogP contribution in [0.3, 0.4) is 0 Å². The molecule has 8 heteroatoms. The molecule has 6 nitrogen and oxygen atoms in total. The number of nitrogens with zero attached hydrogens (tertiary/aromatic N) is 3. The molecule has 1 aromatic carbocycles. The van der Waals surface area contributed by atoms with Crippen molar-refractivity contribution in [2.45, 2.75) is 25.2 Å². The molecule has 0 N–H and O–H groups in total. The minimum Gasteiger partial charge on any atom is -0.445 e. The van der Waals surface area contributed by atoms with Gasteiger partial charge in [-0.15, -0.1) is 0 Å². The van der Waals surface area contributed by atoms with Crippen molar-refractivity contribution in [3.8, 4) is 0 Å². The molecule has 0 bridgehead atoms. The van der Waals surface area contributed by atoms with Gasteiger partial charge in [-0.2, -0.15) is 17.0 Å². The van der Waals surface area contributed by atoms with Crippen LogP contribution < -0.4 is 0 Å². The highest BCUT2D eigenvalue weighted by Gasteiger charge is 2.33. The molecule has 1 aromatic heterocycles. The van der Waals surface area contributed by atoms with Crippen molar-refractivity contribution in [2.75, 3.05) is 27.2 Å². The maximum Gasteiger partial charge on any atom is 0.281 e. The summed E-state index contributed by atoms with van der Waals surface area (Å²) in [7, 11) is -0.307. The monoisotopic (exact) mass is 383 g/mol. The SMILES string of the molecule is CN(C)S(=O)(=O)N1CCC[C@H](c2ncc(Cc3cccc(Cl)c3)o2)C1. The van der Waals surface area contributed by atoms with Crippen molar-refractivity contribution in [1.82, 2.24) is 13.6 Å². The van der Waals surface area contributed by atoms with Crippen LogP contribution in [0.15, 0.2) is 34.9 Å². The largest absolute Gasteiger partial charge is 0.445 e. The van der Waals surface area contributed by atoms with E-state index >= 15 is 0 Å². The molecule has 1 aliphatic rings. The first-order chi connectivity index (χ1) is 11.9. The van der Waals surface area contributed by atoms with Crippen LogP contribution in [0.25, 0.3) is 0 Å². The Morgan fingerprint density at radius 3 is 2.92 bits per heavy atom. The fraction of sp³-hybridized carbons (Fsp3) is 0.471. The summed E-state index contributed by atoms with van der Waals surface area (Å²) in [5.41, 5.74) is 1.05. The Balaban J connectivity index is 1.71. The summed E-state index contributed by atoms with van der Waals surface area (Å²) in [5.74, 6) is 1.34. The minimum absolute atomic E-state index is 0.0170. The number of benzene rings is 1. The van der Waals surface area contributed by atoms with Crippen LogP contribution in [-0.4, -0.2) is 49.2 Å². The molecule has 3 rings (SSSR count). The molecule has 2 aromatic rings. The molecular formula is C17H22ClN3O3S. The fourth-order valence-electron chi connectivity index (χ4n) is 3.03. The first-order valence-corrected chi connectivity index (χ1v) is 10.0. The van der Waals surface area contributed by atoms with Gasteiger partial charge >= 0.3 is 0 Å². The van der Waals surface area contributed by atoms with Crippen LogP contribution in [0.1, 0.15) is 36.0 Å². The second-order valence-electron chi connectivity index (χ2n) is 6.46. The molecule has 1 fully saturated rings. The Hall–Kier alpha value is -1.41. The van der Waals surface area contributed by atoms with Gasteiger partial charge < -0.3 is 4.42 Å². The van der Waals surface area contributed by atoms with Gasteiger partial charge in [-0.05, 0) is 30.5 Å². The van der Waals surface area contributed by atoms with Gasteiger partial charge in [-0.1, -0.05) is 23.7 Å². The van der Waals surface area contributed by atoms with E-state index in [-0.39, 0.29) is 5.92 Å². The van der Waals surface area contributed by atoms with Crippen LogP contribution in [0.5, 0.6) is 0 Å². The zero-order chi connectivity index (χ0) is 18.0. The van der Waals surface area contributed by atoms with E-state index < -0.39 is 10.2 Å². The molecule has 1 aliphatic heterocycles. The highest BCUT2D eigenvalue weighted by molar-refractivity contribution is 7.86. The average Bonchev–Trinajstić information content (AvgIpc) is 3.03. The summed E-state index contributed by atoms with van der Waals surface area (Å²) >= 11 is 6.01. The maximum atomic E-state index is 12.3. The third kappa shape index (κ3) is 4.23. The molecule has 0 aliphatic carbocycles. The lowest BCUT2D eigenvalue weighted by Gasteiger charge is -2.32. The lowest BCUT2D eigenvalue weighted by atomic mass is 10.00. The first-order valence-electron chi connectivity index (χ1n) is 8.23. The lowest BCUT2D eigenvalue weighted by Crippen LogP contribution is -2.44. The van der Waals surface area contributed by atoms with E-state index in [1.807, 2.05) is 24.3 Å². The molecular weight excluding hydrogens is 362 g/mol. The Morgan fingerprint density at radius 1 is 1.40 bits per heavy atom. The summed E-state index contributed by atoms with van der Waals surface area (Å²) in [4.78, 5) is 4.39. The zero-order valence-electron chi connectivity index (χ0n) is 14.4. The number of aromatic nitrogens is 1. The summed E-state index contributed by atoms with van der Waals surface area (Å²) in [6.07, 6.45) is 4.00. The van der Waals surface area contributed by atoms with Crippen LogP contribution >= 0.6 is 11.6 Å². The van der Waals surface area contributed by atoms with E-state index in [9.17, 15) is 8.42 Å². The van der Waals surface area contributed by atoms with E-state index in [0.717, 1.165) is 24.2 Å². The zero-order valence-corrected chi connectivity index (χ0v) is 15.9. The van der Waals surface area contributed by atoms with Crippen molar-refractivity contribution in [2.24, 2.45) is 0 Å². The van der Waals surface area contributed by atoms with Crippen molar-refractivity contribution in [1.29, 1.82) is 0 Å². The standard InChI is InChI=1S/C17H22ClN3O3S/c1-20(2)25(22,23)21-8-4-6-14(12-21)17-19-11-16(24-17)10-13-5-3-7-15(18)9-13/h3,5,7,9,11,14H,4,6,8,10,12H2,1-2H3/t14-/m0/s1. The van der Waals surface area contributed by atoms with Crippen molar-refractivity contribution in [3.05, 3.63) is 52.7 Å². The molecule has 1 atom stereocenters. The third-order valence-corrected chi connectivity index (χ3v) is 6.50. The maximum absolute atomic E-state index is 12.3. The quantitative estimate of drug-likeness (QED) is 0.796.